The number of carbonyl (C=O) groups is 1. The molecule has 2 aromatic rings. The quantitative estimate of drug-likeness (QED) is 0.897. The molecule has 5 heteroatoms. The van der Waals surface area contributed by atoms with Gasteiger partial charge in [0.15, 0.2) is 0 Å². The van der Waals surface area contributed by atoms with Crippen molar-refractivity contribution in [2.75, 3.05) is 11.4 Å². The Bertz CT molecular complexity index is 635. The second-order valence-corrected chi connectivity index (χ2v) is 4.25. The summed E-state index contributed by atoms with van der Waals surface area (Å²) >= 11 is 0. The van der Waals surface area contributed by atoms with Crippen LogP contribution in [0.15, 0.2) is 48.7 Å². The van der Waals surface area contributed by atoms with E-state index in [1.54, 1.807) is 23.2 Å². The number of nitriles is 1. The molecule has 100 valence electrons. The normalized spacial score (nSPS) is 9.75. The number of hydrogen-bond acceptors (Lipinski definition) is 4. The molecule has 0 amide bonds. The van der Waals surface area contributed by atoms with Crippen molar-refractivity contribution in [3.05, 3.63) is 59.9 Å². The number of carboxylic acid groups (broad SMARTS) is 1. The van der Waals surface area contributed by atoms with Crippen LogP contribution in [0.4, 0.5) is 5.69 Å². The van der Waals surface area contributed by atoms with Gasteiger partial charge in [-0.05, 0) is 29.8 Å². The molecule has 0 aliphatic carbocycles. The van der Waals surface area contributed by atoms with Gasteiger partial charge in [-0.1, -0.05) is 18.2 Å². The zero-order valence-electron chi connectivity index (χ0n) is 10.7. The van der Waals surface area contributed by atoms with Crippen LogP contribution < -0.4 is 4.90 Å². The summed E-state index contributed by atoms with van der Waals surface area (Å²) in [5, 5.41) is 17.9. The highest BCUT2D eigenvalue weighted by Crippen LogP contribution is 2.16. The topological polar surface area (TPSA) is 77.2 Å². The second kappa shape index (κ2) is 6.34. The number of anilines is 1. The van der Waals surface area contributed by atoms with E-state index in [0.717, 1.165) is 11.3 Å². The maximum Gasteiger partial charge on any atom is 0.323 e. The number of benzene rings is 1. The second-order valence-electron chi connectivity index (χ2n) is 4.25. The van der Waals surface area contributed by atoms with Crippen LogP contribution >= 0.6 is 0 Å². The SMILES string of the molecule is N#Cc1cc(CN(CC(=O)O)c2ccccc2)ccn1. The minimum atomic E-state index is -0.900. The molecule has 5 nitrogen and oxygen atoms in total. The van der Waals surface area contributed by atoms with E-state index in [-0.39, 0.29) is 6.54 Å². The number of aromatic nitrogens is 1. The molecule has 1 aromatic heterocycles. The number of aliphatic carboxylic acids is 1. The third kappa shape index (κ3) is 3.56. The number of carboxylic acids is 1. The lowest BCUT2D eigenvalue weighted by Crippen LogP contribution is -2.29. The molecule has 0 saturated carbocycles. The van der Waals surface area contributed by atoms with Crippen molar-refractivity contribution in [2.24, 2.45) is 0 Å². The Kier molecular flexibility index (Phi) is 4.30. The molecule has 0 atom stereocenters. The fraction of sp³-hybridized carbons (Fsp3) is 0.133. The van der Waals surface area contributed by atoms with E-state index in [0.29, 0.717) is 12.2 Å². The molecule has 1 aromatic carbocycles. The highest BCUT2D eigenvalue weighted by atomic mass is 16.4. The maximum atomic E-state index is 11.0. The fourth-order valence-corrected chi connectivity index (χ4v) is 1.89. The average molecular weight is 267 g/mol. The average Bonchev–Trinajstić information content (AvgIpc) is 2.47. The first-order chi connectivity index (χ1) is 9.69. The molecule has 1 heterocycles. The largest absolute Gasteiger partial charge is 0.480 e. The summed E-state index contributed by atoms with van der Waals surface area (Å²) < 4.78 is 0. The van der Waals surface area contributed by atoms with Gasteiger partial charge in [0.05, 0.1) is 0 Å². The number of hydrogen-bond donors (Lipinski definition) is 1. The summed E-state index contributed by atoms with van der Waals surface area (Å²) in [6, 6.07) is 14.7. The highest BCUT2D eigenvalue weighted by molar-refractivity contribution is 5.73. The Morgan fingerprint density at radius 1 is 1.30 bits per heavy atom. The first kappa shape index (κ1) is 13.6. The Morgan fingerprint density at radius 3 is 2.70 bits per heavy atom. The van der Waals surface area contributed by atoms with Crippen LogP contribution in [0.3, 0.4) is 0 Å². The molecule has 0 fully saturated rings. The Labute approximate surface area is 116 Å². The molecule has 0 aliphatic heterocycles. The van der Waals surface area contributed by atoms with Crippen LogP contribution in [0.1, 0.15) is 11.3 Å². The standard InChI is InChI=1S/C15H13N3O2/c16-9-13-8-12(6-7-17-13)10-18(11-15(19)20)14-4-2-1-3-5-14/h1-8H,10-11H2,(H,19,20). The first-order valence-electron chi connectivity index (χ1n) is 6.06. The van der Waals surface area contributed by atoms with Gasteiger partial charge in [0.2, 0.25) is 0 Å². The minimum Gasteiger partial charge on any atom is -0.480 e. The number of para-hydroxylation sites is 1. The van der Waals surface area contributed by atoms with E-state index in [1.807, 2.05) is 36.4 Å². The number of pyridine rings is 1. The lowest BCUT2D eigenvalue weighted by atomic mass is 10.2. The van der Waals surface area contributed by atoms with Gasteiger partial charge in [0.25, 0.3) is 0 Å². The van der Waals surface area contributed by atoms with E-state index >= 15 is 0 Å². The third-order valence-corrected chi connectivity index (χ3v) is 2.76. The predicted octanol–water partition coefficient (Wildman–Crippen LogP) is 2.04. The lowest BCUT2D eigenvalue weighted by molar-refractivity contribution is -0.135. The van der Waals surface area contributed by atoms with Crippen LogP contribution in [-0.4, -0.2) is 22.6 Å². The van der Waals surface area contributed by atoms with Crippen molar-refractivity contribution >= 4 is 11.7 Å². The van der Waals surface area contributed by atoms with E-state index < -0.39 is 5.97 Å². The molecule has 0 aliphatic rings. The number of nitrogens with zero attached hydrogens (tertiary/aromatic N) is 3. The summed E-state index contributed by atoms with van der Waals surface area (Å²) in [6.45, 7) is 0.307. The lowest BCUT2D eigenvalue weighted by Gasteiger charge is -2.22. The summed E-state index contributed by atoms with van der Waals surface area (Å²) in [5.41, 5.74) is 2.00. The van der Waals surface area contributed by atoms with Crippen molar-refractivity contribution in [2.45, 2.75) is 6.54 Å². The molecule has 0 unspecified atom stereocenters. The van der Waals surface area contributed by atoms with E-state index in [4.69, 9.17) is 10.4 Å². The highest BCUT2D eigenvalue weighted by Gasteiger charge is 2.11. The zero-order valence-corrected chi connectivity index (χ0v) is 10.7. The summed E-state index contributed by atoms with van der Waals surface area (Å²) in [4.78, 5) is 16.6. The fourth-order valence-electron chi connectivity index (χ4n) is 1.89. The van der Waals surface area contributed by atoms with Crippen molar-refractivity contribution in [3.8, 4) is 6.07 Å². The van der Waals surface area contributed by atoms with Crippen molar-refractivity contribution in [1.82, 2.24) is 4.98 Å². The summed E-state index contributed by atoms with van der Waals surface area (Å²) in [5.74, 6) is -0.900. The molecular formula is C15H13N3O2. The molecule has 0 spiro atoms. The Balaban J connectivity index is 2.24. The Hall–Kier alpha value is -2.87. The van der Waals surface area contributed by atoms with Crippen molar-refractivity contribution < 1.29 is 9.90 Å². The van der Waals surface area contributed by atoms with E-state index in [1.165, 1.54) is 0 Å². The monoisotopic (exact) mass is 267 g/mol. The van der Waals surface area contributed by atoms with Crippen LogP contribution in [0.2, 0.25) is 0 Å². The molecule has 0 saturated heterocycles. The molecular weight excluding hydrogens is 254 g/mol. The van der Waals surface area contributed by atoms with Crippen LogP contribution in [0.5, 0.6) is 0 Å². The minimum absolute atomic E-state index is 0.103. The van der Waals surface area contributed by atoms with E-state index in [9.17, 15) is 4.79 Å². The van der Waals surface area contributed by atoms with Gasteiger partial charge in [0, 0.05) is 18.4 Å². The van der Waals surface area contributed by atoms with Gasteiger partial charge in [0.1, 0.15) is 18.3 Å². The first-order valence-corrected chi connectivity index (χ1v) is 6.06. The van der Waals surface area contributed by atoms with Crippen LogP contribution in [0.25, 0.3) is 0 Å². The van der Waals surface area contributed by atoms with Crippen LogP contribution in [0, 0.1) is 11.3 Å². The summed E-state index contributed by atoms with van der Waals surface area (Å²) in [6.07, 6.45) is 1.55. The van der Waals surface area contributed by atoms with Gasteiger partial charge in [-0.2, -0.15) is 5.26 Å². The molecule has 20 heavy (non-hydrogen) atoms. The molecule has 1 N–H and O–H groups in total. The number of rotatable bonds is 5. The zero-order chi connectivity index (χ0) is 14.4. The molecule has 2 rings (SSSR count). The maximum absolute atomic E-state index is 11.0. The van der Waals surface area contributed by atoms with Gasteiger partial charge < -0.3 is 10.0 Å². The van der Waals surface area contributed by atoms with Gasteiger partial charge in [-0.3, -0.25) is 4.79 Å². The molecule has 0 bridgehead atoms. The van der Waals surface area contributed by atoms with Gasteiger partial charge in [-0.15, -0.1) is 0 Å². The predicted molar refractivity (Wildman–Crippen MR) is 74.1 cm³/mol. The van der Waals surface area contributed by atoms with Crippen LogP contribution in [-0.2, 0) is 11.3 Å². The Morgan fingerprint density at radius 2 is 2.05 bits per heavy atom. The van der Waals surface area contributed by atoms with Gasteiger partial charge in [-0.25, -0.2) is 4.98 Å². The van der Waals surface area contributed by atoms with Crippen molar-refractivity contribution in [1.29, 1.82) is 5.26 Å². The van der Waals surface area contributed by atoms with Crippen molar-refractivity contribution in [3.63, 3.8) is 0 Å². The van der Waals surface area contributed by atoms with E-state index in [2.05, 4.69) is 4.98 Å². The molecule has 0 radical (unpaired) electrons. The summed E-state index contributed by atoms with van der Waals surface area (Å²) in [7, 11) is 0. The van der Waals surface area contributed by atoms with Gasteiger partial charge >= 0.3 is 5.97 Å². The smallest absolute Gasteiger partial charge is 0.323 e. The third-order valence-electron chi connectivity index (χ3n) is 2.76.